The van der Waals surface area contributed by atoms with Crippen LogP contribution in [0.2, 0.25) is 0 Å². The van der Waals surface area contributed by atoms with E-state index in [-0.39, 0.29) is 17.9 Å². The van der Waals surface area contributed by atoms with Gasteiger partial charge < -0.3 is 14.8 Å². The van der Waals surface area contributed by atoms with E-state index in [1.165, 1.54) is 19.3 Å². The van der Waals surface area contributed by atoms with Crippen LogP contribution in [-0.2, 0) is 22.1 Å². The molecule has 1 saturated heterocycles. The van der Waals surface area contributed by atoms with Gasteiger partial charge in [0, 0.05) is 38.1 Å². The van der Waals surface area contributed by atoms with Gasteiger partial charge in [-0.3, -0.25) is 9.59 Å². The second-order valence-electron chi connectivity index (χ2n) is 8.44. The molecule has 0 unspecified atom stereocenters. The van der Waals surface area contributed by atoms with E-state index in [2.05, 4.69) is 10.3 Å². The van der Waals surface area contributed by atoms with Crippen molar-refractivity contribution in [1.82, 2.24) is 14.5 Å². The smallest absolute Gasteiger partial charge is 0.237 e. The van der Waals surface area contributed by atoms with Crippen molar-refractivity contribution in [3.63, 3.8) is 0 Å². The number of nitrogens with one attached hydrogen (secondary N) is 1. The highest BCUT2D eigenvalue weighted by Crippen LogP contribution is 2.54. The maximum Gasteiger partial charge on any atom is 0.237 e. The van der Waals surface area contributed by atoms with Crippen LogP contribution in [0.25, 0.3) is 0 Å². The molecule has 2 aliphatic heterocycles. The molecule has 1 saturated carbocycles. The molecule has 1 spiro atoms. The summed E-state index contributed by atoms with van der Waals surface area (Å²) in [7, 11) is 1.93. The molecule has 3 aliphatic rings. The Balaban J connectivity index is 1.54. The fourth-order valence-corrected chi connectivity index (χ4v) is 5.21. The minimum atomic E-state index is -0.762. The van der Waals surface area contributed by atoms with Crippen molar-refractivity contribution in [2.24, 2.45) is 13.0 Å². The molecule has 1 aromatic heterocycles. The molecule has 6 nitrogen and oxygen atoms in total. The van der Waals surface area contributed by atoms with Crippen LogP contribution in [0, 0.1) is 5.92 Å². The molecule has 2 atom stereocenters. The summed E-state index contributed by atoms with van der Waals surface area (Å²) in [6.45, 7) is 0.586. The Morgan fingerprint density at radius 3 is 2.86 bits per heavy atom. The molecule has 1 N–H and O–H groups in total. The third-order valence-corrected chi connectivity index (χ3v) is 7.00. The van der Waals surface area contributed by atoms with Crippen LogP contribution < -0.4 is 5.32 Å². The van der Waals surface area contributed by atoms with Crippen molar-refractivity contribution in [3.05, 3.63) is 48.0 Å². The number of rotatable bonds is 4. The number of aromatic nitrogens is 2. The lowest BCUT2D eigenvalue weighted by molar-refractivity contribution is -0.134. The number of para-hydroxylation sites is 1. The van der Waals surface area contributed by atoms with Gasteiger partial charge in [0.1, 0.15) is 17.3 Å². The zero-order chi connectivity index (χ0) is 19.3. The summed E-state index contributed by atoms with van der Waals surface area (Å²) in [6, 6.07) is 7.50. The molecule has 2 fully saturated rings. The first kappa shape index (κ1) is 17.5. The van der Waals surface area contributed by atoms with Crippen molar-refractivity contribution >= 4 is 17.5 Å². The molecular weight excluding hydrogens is 352 g/mol. The van der Waals surface area contributed by atoms with Crippen LogP contribution in [0.5, 0.6) is 0 Å². The second kappa shape index (κ2) is 6.47. The maximum absolute atomic E-state index is 13.3. The molecule has 5 rings (SSSR count). The van der Waals surface area contributed by atoms with Gasteiger partial charge in [-0.2, -0.15) is 0 Å². The molecule has 0 radical (unpaired) electrons. The van der Waals surface area contributed by atoms with Crippen LogP contribution in [0.3, 0.4) is 0 Å². The Hall–Kier alpha value is -2.63. The van der Waals surface area contributed by atoms with E-state index in [1.54, 1.807) is 6.20 Å². The number of imidazole rings is 1. The van der Waals surface area contributed by atoms with Crippen LogP contribution in [-0.4, -0.2) is 32.8 Å². The highest BCUT2D eigenvalue weighted by Gasteiger charge is 2.60. The minimum absolute atomic E-state index is 0.0176. The zero-order valence-electron chi connectivity index (χ0n) is 16.2. The Morgan fingerprint density at radius 2 is 2.14 bits per heavy atom. The Bertz CT molecular complexity index is 932. The van der Waals surface area contributed by atoms with Gasteiger partial charge in [-0.15, -0.1) is 0 Å². The number of fused-ring (bicyclic) bond motifs is 2. The van der Waals surface area contributed by atoms with Crippen molar-refractivity contribution in [3.8, 4) is 0 Å². The highest BCUT2D eigenvalue weighted by atomic mass is 16.2. The summed E-state index contributed by atoms with van der Waals surface area (Å²) in [6.07, 6.45) is 9.56. The quantitative estimate of drug-likeness (QED) is 0.889. The lowest BCUT2D eigenvalue weighted by Crippen LogP contribution is -2.43. The molecular formula is C22H26N4O2. The fraction of sp³-hybridized carbons (Fsp3) is 0.500. The first-order chi connectivity index (χ1) is 13.6. The number of hydrogen-bond donors (Lipinski definition) is 1. The Morgan fingerprint density at radius 1 is 1.32 bits per heavy atom. The maximum atomic E-state index is 13.3. The van der Waals surface area contributed by atoms with Gasteiger partial charge in [-0.25, -0.2) is 4.98 Å². The van der Waals surface area contributed by atoms with Crippen molar-refractivity contribution in [1.29, 1.82) is 0 Å². The summed E-state index contributed by atoms with van der Waals surface area (Å²) in [5.74, 6) is 1.61. The van der Waals surface area contributed by atoms with Crippen LogP contribution in [0.15, 0.2) is 36.7 Å². The number of aryl methyl sites for hydroxylation is 1. The van der Waals surface area contributed by atoms with Gasteiger partial charge in [0.15, 0.2) is 0 Å². The first-order valence-corrected chi connectivity index (χ1v) is 10.3. The van der Waals surface area contributed by atoms with Gasteiger partial charge in [0.25, 0.3) is 0 Å². The normalized spacial score (nSPS) is 26.4. The van der Waals surface area contributed by atoms with Crippen molar-refractivity contribution in [2.45, 2.75) is 50.0 Å². The SMILES string of the molecule is Cn1ccnc1[C@@H]1N(C(=O)CCC2CCC2)CC[C@]12C(=O)Nc1ccccc12. The number of likely N-dealkylation sites (tertiary alicyclic amines) is 1. The van der Waals surface area contributed by atoms with Crippen LogP contribution in [0.1, 0.15) is 56.0 Å². The molecule has 2 amide bonds. The average molecular weight is 378 g/mol. The topological polar surface area (TPSA) is 67.2 Å². The number of benzene rings is 1. The molecule has 6 heteroatoms. The first-order valence-electron chi connectivity index (χ1n) is 10.3. The number of nitrogens with zero attached hydrogens (tertiary/aromatic N) is 3. The number of anilines is 1. The third-order valence-electron chi connectivity index (χ3n) is 7.00. The van der Waals surface area contributed by atoms with E-state index in [4.69, 9.17) is 0 Å². The molecule has 1 aromatic carbocycles. The summed E-state index contributed by atoms with van der Waals surface area (Å²) in [5, 5.41) is 3.06. The number of carbonyl (C=O) groups is 2. The monoisotopic (exact) mass is 378 g/mol. The van der Waals surface area contributed by atoms with E-state index < -0.39 is 5.41 Å². The molecule has 3 heterocycles. The molecule has 146 valence electrons. The minimum Gasteiger partial charge on any atom is -0.336 e. The van der Waals surface area contributed by atoms with E-state index in [9.17, 15) is 9.59 Å². The van der Waals surface area contributed by atoms with Crippen LogP contribution >= 0.6 is 0 Å². The predicted octanol–water partition coefficient (Wildman–Crippen LogP) is 3.16. The van der Waals surface area contributed by atoms with E-state index in [0.29, 0.717) is 25.3 Å². The molecule has 0 bridgehead atoms. The number of amides is 2. The summed E-state index contributed by atoms with van der Waals surface area (Å²) >= 11 is 0. The number of carbonyl (C=O) groups excluding carboxylic acids is 2. The standard InChI is InChI=1S/C22H26N4O2/c1-25-14-12-23-20(25)19-22(16-7-2-3-8-17(16)24-21(22)28)11-13-26(19)18(27)10-9-15-5-4-6-15/h2-3,7-8,12,14-15,19H,4-6,9-11,13H2,1H3,(H,24,28)/t19-,22+/m0/s1. The fourth-order valence-electron chi connectivity index (χ4n) is 5.21. The second-order valence-corrected chi connectivity index (χ2v) is 8.44. The summed E-state index contributed by atoms with van der Waals surface area (Å²) in [4.78, 5) is 33.0. The predicted molar refractivity (Wildman–Crippen MR) is 106 cm³/mol. The lowest BCUT2D eigenvalue weighted by atomic mass is 9.74. The largest absolute Gasteiger partial charge is 0.336 e. The van der Waals surface area contributed by atoms with Crippen molar-refractivity contribution in [2.75, 3.05) is 11.9 Å². The van der Waals surface area contributed by atoms with Gasteiger partial charge in [0.2, 0.25) is 11.8 Å². The van der Waals surface area contributed by atoms with Gasteiger partial charge >= 0.3 is 0 Å². The van der Waals surface area contributed by atoms with Gasteiger partial charge in [-0.05, 0) is 30.4 Å². The lowest BCUT2D eigenvalue weighted by Gasteiger charge is -2.34. The van der Waals surface area contributed by atoms with E-state index in [0.717, 1.165) is 23.5 Å². The third kappa shape index (κ3) is 2.43. The highest BCUT2D eigenvalue weighted by molar-refractivity contribution is 6.07. The summed E-state index contributed by atoms with van der Waals surface area (Å²) in [5.41, 5.74) is 1.08. The Labute approximate surface area is 164 Å². The molecule has 2 aromatic rings. The van der Waals surface area contributed by atoms with E-state index in [1.807, 2.05) is 47.0 Å². The summed E-state index contributed by atoms with van der Waals surface area (Å²) < 4.78 is 1.94. The van der Waals surface area contributed by atoms with Gasteiger partial charge in [0.05, 0.1) is 0 Å². The molecule has 28 heavy (non-hydrogen) atoms. The Kier molecular flexibility index (Phi) is 4.03. The van der Waals surface area contributed by atoms with Gasteiger partial charge in [-0.1, -0.05) is 37.5 Å². The number of hydrogen-bond acceptors (Lipinski definition) is 3. The zero-order valence-corrected chi connectivity index (χ0v) is 16.2. The van der Waals surface area contributed by atoms with E-state index >= 15 is 0 Å². The van der Waals surface area contributed by atoms with Crippen molar-refractivity contribution < 1.29 is 9.59 Å². The molecule has 1 aliphatic carbocycles. The van der Waals surface area contributed by atoms with Crippen LogP contribution in [0.4, 0.5) is 5.69 Å². The average Bonchev–Trinajstić information content (AvgIpc) is 3.31.